The Morgan fingerprint density at radius 2 is 1.69 bits per heavy atom. The molecule has 1 unspecified atom stereocenters. The van der Waals surface area contributed by atoms with E-state index in [-0.39, 0.29) is 30.6 Å². The maximum absolute atomic E-state index is 13.4. The van der Waals surface area contributed by atoms with Crippen molar-refractivity contribution in [3.8, 4) is 0 Å². The Labute approximate surface area is 213 Å². The first kappa shape index (κ1) is 23.8. The van der Waals surface area contributed by atoms with Gasteiger partial charge in [0.25, 0.3) is 0 Å². The summed E-state index contributed by atoms with van der Waals surface area (Å²) in [7, 11) is 0. The summed E-state index contributed by atoms with van der Waals surface area (Å²) in [4.78, 5) is 32.8. The molecule has 4 aromatic carbocycles. The summed E-state index contributed by atoms with van der Waals surface area (Å²) >= 11 is 1.29. The van der Waals surface area contributed by atoms with Crippen molar-refractivity contribution in [2.24, 2.45) is 4.99 Å². The first-order valence-corrected chi connectivity index (χ1v) is 12.5. The van der Waals surface area contributed by atoms with Crippen LogP contribution in [0.5, 0.6) is 0 Å². The number of thioether (sulfide) groups is 1. The highest BCUT2D eigenvalue weighted by Crippen LogP contribution is 2.34. The molecule has 0 spiro atoms. The number of halogens is 1. The minimum absolute atomic E-state index is 0.0133. The standard InChI is InChI=1S/C29H24FN3O2S/c1-19-7-2-5-11-24(19)32-29-33(18-20-13-15-22(30)16-14-20)28(35)26(36-29)17-27(34)31-25-12-6-9-21-8-3-4-10-23(21)25/h2-16,26H,17-18H2,1H3,(H,31,34). The molecule has 0 aromatic heterocycles. The number of aryl methyl sites for hydroxylation is 1. The van der Waals surface area contributed by atoms with E-state index in [9.17, 15) is 14.0 Å². The van der Waals surface area contributed by atoms with E-state index in [0.717, 1.165) is 27.6 Å². The SMILES string of the molecule is Cc1ccccc1N=C1SC(CC(=O)Nc2cccc3ccccc23)C(=O)N1Cc1ccc(F)cc1. The molecular formula is C29H24FN3O2S. The van der Waals surface area contributed by atoms with Gasteiger partial charge >= 0.3 is 0 Å². The van der Waals surface area contributed by atoms with Crippen LogP contribution in [0.25, 0.3) is 10.8 Å². The number of carbonyl (C=O) groups excluding carboxylic acids is 2. The Bertz CT molecular complexity index is 1460. The van der Waals surface area contributed by atoms with E-state index in [1.54, 1.807) is 17.0 Å². The second-order valence-electron chi connectivity index (χ2n) is 8.62. The van der Waals surface area contributed by atoms with E-state index in [0.29, 0.717) is 10.9 Å². The average molecular weight is 498 g/mol. The number of hydrogen-bond donors (Lipinski definition) is 1. The fourth-order valence-corrected chi connectivity index (χ4v) is 5.29. The van der Waals surface area contributed by atoms with Crippen molar-refractivity contribution in [3.63, 3.8) is 0 Å². The predicted octanol–water partition coefficient (Wildman–Crippen LogP) is 6.45. The van der Waals surface area contributed by atoms with Crippen molar-refractivity contribution in [1.82, 2.24) is 4.90 Å². The minimum atomic E-state index is -0.608. The summed E-state index contributed by atoms with van der Waals surface area (Å²) in [6.07, 6.45) is 0.0133. The smallest absolute Gasteiger partial charge is 0.242 e. The second kappa shape index (κ2) is 10.3. The van der Waals surface area contributed by atoms with Gasteiger partial charge in [0, 0.05) is 17.5 Å². The molecule has 5 rings (SSSR count). The molecule has 1 fully saturated rings. The monoisotopic (exact) mass is 497 g/mol. The number of rotatable bonds is 6. The number of anilines is 1. The number of hydrogen-bond acceptors (Lipinski definition) is 4. The van der Waals surface area contributed by atoms with Crippen LogP contribution in [0, 0.1) is 12.7 Å². The van der Waals surface area contributed by atoms with Gasteiger partial charge in [-0.1, -0.05) is 78.5 Å². The van der Waals surface area contributed by atoms with Crippen LogP contribution in [-0.2, 0) is 16.1 Å². The van der Waals surface area contributed by atoms with E-state index < -0.39 is 5.25 Å². The van der Waals surface area contributed by atoms with Crippen molar-refractivity contribution < 1.29 is 14.0 Å². The Hall–Kier alpha value is -3.97. The molecule has 0 aliphatic carbocycles. The van der Waals surface area contributed by atoms with Crippen molar-refractivity contribution >= 4 is 50.9 Å². The van der Waals surface area contributed by atoms with Gasteiger partial charge in [-0.05, 0) is 47.7 Å². The summed E-state index contributed by atoms with van der Waals surface area (Å²) in [5, 5.41) is 4.86. The van der Waals surface area contributed by atoms with Gasteiger partial charge in [0.2, 0.25) is 11.8 Å². The topological polar surface area (TPSA) is 61.8 Å². The molecule has 180 valence electrons. The van der Waals surface area contributed by atoms with Gasteiger partial charge in [-0.15, -0.1) is 0 Å². The molecule has 4 aromatic rings. The molecule has 1 aliphatic heterocycles. The van der Waals surface area contributed by atoms with Gasteiger partial charge in [-0.3, -0.25) is 14.5 Å². The summed E-state index contributed by atoms with van der Waals surface area (Å²) in [5.41, 5.74) is 3.24. The quantitative estimate of drug-likeness (QED) is 0.333. The Morgan fingerprint density at radius 1 is 0.972 bits per heavy atom. The highest BCUT2D eigenvalue weighted by atomic mass is 32.2. The maximum Gasteiger partial charge on any atom is 0.242 e. The van der Waals surface area contributed by atoms with Gasteiger partial charge in [-0.25, -0.2) is 9.38 Å². The Kier molecular flexibility index (Phi) is 6.82. The molecule has 0 radical (unpaired) electrons. The van der Waals surface area contributed by atoms with Crippen molar-refractivity contribution in [3.05, 3.63) is 108 Å². The van der Waals surface area contributed by atoms with Crippen LogP contribution in [0.1, 0.15) is 17.5 Å². The zero-order valence-electron chi connectivity index (χ0n) is 19.6. The number of amidine groups is 1. The van der Waals surface area contributed by atoms with Crippen LogP contribution in [0.4, 0.5) is 15.8 Å². The Balaban J connectivity index is 1.38. The van der Waals surface area contributed by atoms with Gasteiger partial charge in [-0.2, -0.15) is 0 Å². The van der Waals surface area contributed by atoms with E-state index in [1.165, 1.54) is 23.9 Å². The number of nitrogens with zero attached hydrogens (tertiary/aromatic N) is 2. The first-order chi connectivity index (χ1) is 17.5. The van der Waals surface area contributed by atoms with Crippen LogP contribution in [0.15, 0.2) is 96.0 Å². The molecule has 0 bridgehead atoms. The molecule has 36 heavy (non-hydrogen) atoms. The molecule has 1 N–H and O–H groups in total. The fraction of sp³-hybridized carbons (Fsp3) is 0.138. The largest absolute Gasteiger partial charge is 0.325 e. The average Bonchev–Trinajstić information content (AvgIpc) is 3.15. The van der Waals surface area contributed by atoms with Gasteiger partial charge in [0.15, 0.2) is 5.17 Å². The second-order valence-corrected chi connectivity index (χ2v) is 9.79. The number of carbonyl (C=O) groups is 2. The lowest BCUT2D eigenvalue weighted by Gasteiger charge is -2.17. The number of benzene rings is 4. The van der Waals surface area contributed by atoms with Crippen LogP contribution in [0.2, 0.25) is 0 Å². The third-order valence-corrected chi connectivity index (χ3v) is 7.22. The molecule has 1 aliphatic rings. The number of para-hydroxylation sites is 1. The summed E-state index contributed by atoms with van der Waals surface area (Å²) < 4.78 is 13.4. The minimum Gasteiger partial charge on any atom is -0.325 e. The molecule has 7 heteroatoms. The van der Waals surface area contributed by atoms with E-state index in [2.05, 4.69) is 5.32 Å². The number of nitrogens with one attached hydrogen (secondary N) is 1. The van der Waals surface area contributed by atoms with Crippen LogP contribution in [0.3, 0.4) is 0 Å². The highest BCUT2D eigenvalue weighted by Gasteiger charge is 2.39. The van der Waals surface area contributed by atoms with E-state index >= 15 is 0 Å². The van der Waals surface area contributed by atoms with Crippen molar-refractivity contribution in [1.29, 1.82) is 0 Å². The van der Waals surface area contributed by atoms with E-state index in [1.807, 2.05) is 73.7 Å². The maximum atomic E-state index is 13.4. The lowest BCUT2D eigenvalue weighted by molar-refractivity contribution is -0.128. The summed E-state index contributed by atoms with van der Waals surface area (Å²) in [6.45, 7) is 2.21. The number of amides is 2. The van der Waals surface area contributed by atoms with Crippen LogP contribution < -0.4 is 5.32 Å². The molecule has 2 amide bonds. The van der Waals surface area contributed by atoms with Gasteiger partial charge < -0.3 is 5.32 Å². The third kappa shape index (κ3) is 5.16. The van der Waals surface area contributed by atoms with E-state index in [4.69, 9.17) is 4.99 Å². The molecule has 1 heterocycles. The zero-order valence-corrected chi connectivity index (χ0v) is 20.5. The fourth-order valence-electron chi connectivity index (χ4n) is 4.14. The number of aliphatic imine (C=N–C) groups is 1. The third-order valence-electron chi connectivity index (χ3n) is 6.04. The van der Waals surface area contributed by atoms with Crippen molar-refractivity contribution in [2.45, 2.75) is 25.1 Å². The van der Waals surface area contributed by atoms with Gasteiger partial charge in [0.1, 0.15) is 11.1 Å². The van der Waals surface area contributed by atoms with Gasteiger partial charge in [0.05, 0.1) is 12.2 Å². The first-order valence-electron chi connectivity index (χ1n) is 11.6. The highest BCUT2D eigenvalue weighted by molar-refractivity contribution is 8.15. The Morgan fingerprint density at radius 3 is 2.50 bits per heavy atom. The zero-order chi connectivity index (χ0) is 25.1. The summed E-state index contributed by atoms with van der Waals surface area (Å²) in [6, 6.07) is 27.3. The molecule has 1 saturated heterocycles. The van der Waals surface area contributed by atoms with Crippen LogP contribution in [-0.4, -0.2) is 27.1 Å². The molecule has 0 saturated carbocycles. The lowest BCUT2D eigenvalue weighted by atomic mass is 10.1. The molecule has 1 atom stereocenters. The lowest BCUT2D eigenvalue weighted by Crippen LogP contribution is -2.33. The molecular weight excluding hydrogens is 473 g/mol. The normalized spacial score (nSPS) is 16.6. The number of fused-ring (bicyclic) bond motifs is 1. The summed E-state index contributed by atoms with van der Waals surface area (Å²) in [5.74, 6) is -0.765. The van der Waals surface area contributed by atoms with Crippen molar-refractivity contribution in [2.75, 3.05) is 5.32 Å². The predicted molar refractivity (Wildman–Crippen MR) is 144 cm³/mol. The van der Waals surface area contributed by atoms with Crippen LogP contribution >= 0.6 is 11.8 Å². The molecule has 5 nitrogen and oxygen atoms in total.